The Morgan fingerprint density at radius 1 is 1.04 bits per heavy atom. The molecule has 6 nitrogen and oxygen atoms in total. The predicted octanol–water partition coefficient (Wildman–Crippen LogP) is 2.68. The minimum absolute atomic E-state index is 0.855. The van der Waals surface area contributed by atoms with Gasteiger partial charge in [0.25, 0.3) is 0 Å². The van der Waals surface area contributed by atoms with E-state index >= 15 is 0 Å². The fourth-order valence-electron chi connectivity index (χ4n) is 3.35. The number of nitrogens with zero attached hydrogens (tertiary/aromatic N) is 6. The van der Waals surface area contributed by atoms with Crippen LogP contribution in [0.1, 0.15) is 25.0 Å². The molecule has 0 N–H and O–H groups in total. The van der Waals surface area contributed by atoms with Crippen LogP contribution in [0.5, 0.6) is 0 Å². The van der Waals surface area contributed by atoms with Crippen LogP contribution < -0.4 is 0 Å². The van der Waals surface area contributed by atoms with Gasteiger partial charge >= 0.3 is 0 Å². The highest BCUT2D eigenvalue weighted by molar-refractivity contribution is 5.88. The van der Waals surface area contributed by atoms with Crippen molar-refractivity contribution in [3.05, 3.63) is 36.4 Å². The summed E-state index contributed by atoms with van der Waals surface area (Å²) in [6.45, 7) is 6.28. The first-order valence-corrected chi connectivity index (χ1v) is 8.64. The number of rotatable bonds is 4. The van der Waals surface area contributed by atoms with Gasteiger partial charge in [0.05, 0.1) is 23.8 Å². The maximum absolute atomic E-state index is 4.59. The van der Waals surface area contributed by atoms with Gasteiger partial charge in [0.15, 0.2) is 5.65 Å². The lowest BCUT2D eigenvalue weighted by atomic mass is 10.1. The van der Waals surface area contributed by atoms with Gasteiger partial charge in [-0.05, 0) is 45.0 Å². The molecule has 24 heavy (non-hydrogen) atoms. The van der Waals surface area contributed by atoms with E-state index in [0.717, 1.165) is 41.2 Å². The minimum atomic E-state index is 0.855. The van der Waals surface area contributed by atoms with E-state index in [4.69, 9.17) is 0 Å². The van der Waals surface area contributed by atoms with Gasteiger partial charge in [0, 0.05) is 12.2 Å². The van der Waals surface area contributed by atoms with Crippen LogP contribution in [-0.2, 0) is 6.54 Å². The maximum atomic E-state index is 4.59. The molecule has 0 aromatic carbocycles. The van der Waals surface area contributed by atoms with Gasteiger partial charge in [-0.1, -0.05) is 12.5 Å². The number of fused-ring (bicyclic) bond motifs is 1. The summed E-state index contributed by atoms with van der Waals surface area (Å²) in [6.07, 6.45) is 7.46. The Bertz CT molecular complexity index is 834. The number of piperidine rings is 1. The minimum Gasteiger partial charge on any atom is -0.301 e. The molecular formula is C18H22N6. The molecule has 4 rings (SSSR count). The highest BCUT2D eigenvalue weighted by atomic mass is 15.3. The summed E-state index contributed by atoms with van der Waals surface area (Å²) in [5.41, 5.74) is 3.60. The van der Waals surface area contributed by atoms with E-state index in [2.05, 4.69) is 25.0 Å². The number of aromatic nitrogens is 5. The number of pyridine rings is 1. The molecule has 0 saturated carbocycles. The highest BCUT2D eigenvalue weighted by Gasteiger charge is 2.14. The number of hydrogen-bond acceptors (Lipinski definition) is 5. The van der Waals surface area contributed by atoms with Gasteiger partial charge < -0.3 is 4.90 Å². The van der Waals surface area contributed by atoms with Crippen molar-refractivity contribution in [2.75, 3.05) is 19.6 Å². The number of likely N-dealkylation sites (tertiary alicyclic amines) is 1. The molecule has 0 spiro atoms. The molecule has 3 aromatic heterocycles. The molecule has 0 radical (unpaired) electrons. The smallest absolute Gasteiger partial charge is 0.161 e. The zero-order valence-electron chi connectivity index (χ0n) is 14.0. The number of hydrogen-bond donors (Lipinski definition) is 0. The maximum Gasteiger partial charge on any atom is 0.161 e. The van der Waals surface area contributed by atoms with Gasteiger partial charge in [0.1, 0.15) is 12.0 Å². The van der Waals surface area contributed by atoms with Crippen molar-refractivity contribution >= 4 is 11.0 Å². The summed E-state index contributed by atoms with van der Waals surface area (Å²) in [4.78, 5) is 16.0. The van der Waals surface area contributed by atoms with Gasteiger partial charge in [-0.15, -0.1) is 0 Å². The van der Waals surface area contributed by atoms with E-state index in [1.807, 2.05) is 36.0 Å². The van der Waals surface area contributed by atoms with Crippen molar-refractivity contribution in [2.45, 2.75) is 32.7 Å². The lowest BCUT2D eigenvalue weighted by molar-refractivity contribution is 0.219. The van der Waals surface area contributed by atoms with E-state index in [-0.39, 0.29) is 0 Å². The topological polar surface area (TPSA) is 59.7 Å². The van der Waals surface area contributed by atoms with Crippen molar-refractivity contribution in [1.29, 1.82) is 0 Å². The summed E-state index contributed by atoms with van der Waals surface area (Å²) >= 11 is 0. The van der Waals surface area contributed by atoms with Gasteiger partial charge in [-0.2, -0.15) is 5.10 Å². The normalized spacial score (nSPS) is 15.9. The first-order valence-electron chi connectivity index (χ1n) is 8.64. The summed E-state index contributed by atoms with van der Waals surface area (Å²) in [6, 6.07) is 5.98. The third-order valence-electron chi connectivity index (χ3n) is 4.64. The molecular weight excluding hydrogens is 300 g/mol. The molecule has 0 bridgehead atoms. The summed E-state index contributed by atoms with van der Waals surface area (Å²) in [5, 5.41) is 5.51. The van der Waals surface area contributed by atoms with Crippen LogP contribution in [0.25, 0.3) is 22.4 Å². The van der Waals surface area contributed by atoms with E-state index < -0.39 is 0 Å². The molecule has 4 heterocycles. The Labute approximate surface area is 141 Å². The Morgan fingerprint density at radius 2 is 1.92 bits per heavy atom. The molecule has 0 aliphatic carbocycles. The first kappa shape index (κ1) is 15.2. The van der Waals surface area contributed by atoms with Crippen molar-refractivity contribution in [3.8, 4) is 11.4 Å². The molecule has 1 saturated heterocycles. The predicted molar refractivity (Wildman–Crippen MR) is 93.6 cm³/mol. The molecule has 0 atom stereocenters. The summed E-state index contributed by atoms with van der Waals surface area (Å²) in [7, 11) is 0. The fourth-order valence-corrected chi connectivity index (χ4v) is 3.35. The Hall–Kier alpha value is -2.34. The fraction of sp³-hybridized carbons (Fsp3) is 0.444. The third-order valence-corrected chi connectivity index (χ3v) is 4.64. The monoisotopic (exact) mass is 322 g/mol. The van der Waals surface area contributed by atoms with Crippen LogP contribution in [0.15, 0.2) is 30.7 Å². The molecule has 1 fully saturated rings. The molecule has 1 aliphatic rings. The molecule has 124 valence electrons. The highest BCUT2D eigenvalue weighted by Crippen LogP contribution is 2.23. The Balaban J connectivity index is 1.61. The van der Waals surface area contributed by atoms with Crippen LogP contribution in [0.3, 0.4) is 0 Å². The largest absolute Gasteiger partial charge is 0.301 e. The number of aryl methyl sites for hydroxylation is 1. The Kier molecular flexibility index (Phi) is 4.21. The third kappa shape index (κ3) is 3.01. The molecule has 0 amide bonds. The van der Waals surface area contributed by atoms with Crippen molar-refractivity contribution in [2.24, 2.45) is 0 Å². The van der Waals surface area contributed by atoms with Crippen molar-refractivity contribution < 1.29 is 0 Å². The second-order valence-corrected chi connectivity index (χ2v) is 6.39. The second-order valence-electron chi connectivity index (χ2n) is 6.39. The summed E-state index contributed by atoms with van der Waals surface area (Å²) < 4.78 is 1.99. The van der Waals surface area contributed by atoms with E-state index in [9.17, 15) is 0 Å². The molecule has 1 aliphatic heterocycles. The van der Waals surface area contributed by atoms with Crippen LogP contribution in [0, 0.1) is 6.92 Å². The van der Waals surface area contributed by atoms with Gasteiger partial charge in [-0.3, -0.25) is 4.98 Å². The zero-order chi connectivity index (χ0) is 16.4. The van der Waals surface area contributed by atoms with Gasteiger partial charge in [-0.25, -0.2) is 14.6 Å². The quantitative estimate of drug-likeness (QED) is 0.739. The van der Waals surface area contributed by atoms with Crippen LogP contribution >= 0.6 is 0 Å². The first-order chi connectivity index (χ1) is 11.8. The van der Waals surface area contributed by atoms with E-state index in [1.54, 1.807) is 6.33 Å². The van der Waals surface area contributed by atoms with E-state index in [1.165, 1.54) is 32.4 Å². The molecule has 0 unspecified atom stereocenters. The van der Waals surface area contributed by atoms with Crippen molar-refractivity contribution in [3.63, 3.8) is 0 Å². The lowest BCUT2D eigenvalue weighted by Crippen LogP contribution is -2.32. The van der Waals surface area contributed by atoms with Crippen molar-refractivity contribution in [1.82, 2.24) is 29.6 Å². The van der Waals surface area contributed by atoms with E-state index in [0.29, 0.717) is 0 Å². The average molecular weight is 322 g/mol. The summed E-state index contributed by atoms with van der Waals surface area (Å²) in [5.74, 6) is 0. The molecule has 6 heteroatoms. The molecule has 3 aromatic rings. The zero-order valence-corrected chi connectivity index (χ0v) is 14.0. The van der Waals surface area contributed by atoms with Crippen LogP contribution in [0.4, 0.5) is 0 Å². The van der Waals surface area contributed by atoms with Crippen LogP contribution in [0.2, 0.25) is 0 Å². The second kappa shape index (κ2) is 6.65. The van der Waals surface area contributed by atoms with Crippen LogP contribution in [-0.4, -0.2) is 49.3 Å². The Morgan fingerprint density at radius 3 is 2.75 bits per heavy atom. The average Bonchev–Trinajstić information content (AvgIpc) is 3.04. The standard InChI is InChI=1S/C18H22N6/c1-14-6-5-7-16(22-14)17-15-12-21-24(18(15)20-13-19-17)11-10-23-8-3-2-4-9-23/h5-7,12-13H,2-4,8-11H2,1H3. The lowest BCUT2D eigenvalue weighted by Gasteiger charge is -2.26. The van der Waals surface area contributed by atoms with Gasteiger partial charge in [0.2, 0.25) is 0 Å². The SMILES string of the molecule is Cc1cccc(-c2ncnc3c2cnn3CCN2CCCCC2)n1.